The van der Waals surface area contributed by atoms with Gasteiger partial charge in [0.15, 0.2) is 12.7 Å². The Hall–Kier alpha value is -2.69. The molecule has 4 nitrogen and oxygen atoms in total. The van der Waals surface area contributed by atoms with Crippen molar-refractivity contribution < 1.29 is 23.5 Å². The normalized spacial score (nSPS) is 11.5. The summed E-state index contributed by atoms with van der Waals surface area (Å²) in [5.74, 6) is -0.991. The molecule has 2 aromatic carbocycles. The smallest absolute Gasteiger partial charge is 0.344 e. The third kappa shape index (κ3) is 4.41. The van der Waals surface area contributed by atoms with Gasteiger partial charge in [-0.3, -0.25) is 4.79 Å². The first-order valence-corrected chi connectivity index (χ1v) is 6.73. The molecule has 0 fully saturated rings. The number of Topliss-reactive ketones (excluding diaryl/α,β-unsaturated/α-hetero) is 1. The van der Waals surface area contributed by atoms with Crippen LogP contribution in [0.25, 0.3) is 0 Å². The fourth-order valence-corrected chi connectivity index (χ4v) is 1.79. The van der Waals surface area contributed by atoms with Crippen molar-refractivity contribution in [1.82, 2.24) is 0 Å². The Balaban J connectivity index is 1.83. The van der Waals surface area contributed by atoms with Gasteiger partial charge in [-0.15, -0.1) is 0 Å². The quantitative estimate of drug-likeness (QED) is 0.608. The SMILES string of the molecule is CC(OC(=O)COc1ccc(F)cc1)C(=O)c1ccccc1. The Labute approximate surface area is 127 Å². The lowest BCUT2D eigenvalue weighted by atomic mass is 10.1. The van der Waals surface area contributed by atoms with Crippen LogP contribution in [0.1, 0.15) is 17.3 Å². The third-order valence-corrected chi connectivity index (χ3v) is 2.91. The largest absolute Gasteiger partial charge is 0.482 e. The molecule has 0 aliphatic rings. The number of benzene rings is 2. The molecule has 0 radical (unpaired) electrons. The molecular weight excluding hydrogens is 287 g/mol. The summed E-state index contributed by atoms with van der Waals surface area (Å²) in [6.45, 7) is 1.16. The van der Waals surface area contributed by atoms with Gasteiger partial charge >= 0.3 is 5.97 Å². The van der Waals surface area contributed by atoms with Crippen molar-refractivity contribution >= 4 is 11.8 Å². The van der Waals surface area contributed by atoms with Gasteiger partial charge in [0.25, 0.3) is 0 Å². The molecule has 0 bridgehead atoms. The highest BCUT2D eigenvalue weighted by molar-refractivity contribution is 6.00. The Morgan fingerprint density at radius 3 is 2.32 bits per heavy atom. The predicted molar refractivity (Wildman–Crippen MR) is 78.2 cm³/mol. The van der Waals surface area contributed by atoms with Crippen LogP contribution in [0.3, 0.4) is 0 Å². The highest BCUT2D eigenvalue weighted by Crippen LogP contribution is 2.11. The van der Waals surface area contributed by atoms with E-state index in [1.165, 1.54) is 31.2 Å². The van der Waals surface area contributed by atoms with E-state index >= 15 is 0 Å². The summed E-state index contributed by atoms with van der Waals surface area (Å²) in [6, 6.07) is 13.8. The molecule has 1 unspecified atom stereocenters. The topological polar surface area (TPSA) is 52.6 Å². The van der Waals surface area contributed by atoms with E-state index in [1.54, 1.807) is 30.3 Å². The van der Waals surface area contributed by atoms with E-state index in [-0.39, 0.29) is 12.4 Å². The second kappa shape index (κ2) is 7.36. The lowest BCUT2D eigenvalue weighted by molar-refractivity contribution is -0.148. The van der Waals surface area contributed by atoms with E-state index in [1.807, 2.05) is 0 Å². The number of hydrogen-bond donors (Lipinski definition) is 0. The summed E-state index contributed by atoms with van der Waals surface area (Å²) < 4.78 is 22.9. The molecule has 2 rings (SSSR count). The van der Waals surface area contributed by atoms with Gasteiger partial charge in [-0.25, -0.2) is 9.18 Å². The molecule has 0 aliphatic heterocycles. The fraction of sp³-hybridized carbons (Fsp3) is 0.176. The van der Waals surface area contributed by atoms with Gasteiger partial charge < -0.3 is 9.47 Å². The summed E-state index contributed by atoms with van der Waals surface area (Å²) in [7, 11) is 0. The van der Waals surface area contributed by atoms with Crippen molar-refractivity contribution in [3.05, 3.63) is 66.0 Å². The molecule has 0 heterocycles. The summed E-state index contributed by atoms with van der Waals surface area (Å²) in [5, 5.41) is 0. The number of rotatable bonds is 6. The van der Waals surface area contributed by atoms with Crippen LogP contribution in [0.5, 0.6) is 5.75 Å². The monoisotopic (exact) mass is 302 g/mol. The maximum absolute atomic E-state index is 12.7. The molecule has 0 aliphatic carbocycles. The maximum Gasteiger partial charge on any atom is 0.344 e. The molecule has 2 aromatic rings. The van der Waals surface area contributed by atoms with Crippen molar-refractivity contribution in [3.63, 3.8) is 0 Å². The molecule has 0 saturated heterocycles. The summed E-state index contributed by atoms with van der Waals surface area (Å²) in [4.78, 5) is 23.7. The van der Waals surface area contributed by atoms with Crippen LogP contribution < -0.4 is 4.74 Å². The lowest BCUT2D eigenvalue weighted by Gasteiger charge is -2.12. The molecular formula is C17H15FO4. The minimum Gasteiger partial charge on any atom is -0.482 e. The molecule has 0 amide bonds. The minimum atomic E-state index is -0.897. The fourth-order valence-electron chi connectivity index (χ4n) is 1.79. The Kier molecular flexibility index (Phi) is 5.25. The van der Waals surface area contributed by atoms with Gasteiger partial charge in [-0.1, -0.05) is 30.3 Å². The molecule has 114 valence electrons. The van der Waals surface area contributed by atoms with E-state index in [9.17, 15) is 14.0 Å². The molecule has 0 N–H and O–H groups in total. The van der Waals surface area contributed by atoms with Gasteiger partial charge in [0, 0.05) is 5.56 Å². The van der Waals surface area contributed by atoms with Crippen molar-refractivity contribution in [2.24, 2.45) is 0 Å². The van der Waals surface area contributed by atoms with Crippen LogP contribution in [0.2, 0.25) is 0 Å². The lowest BCUT2D eigenvalue weighted by Crippen LogP contribution is -2.27. The van der Waals surface area contributed by atoms with Crippen LogP contribution in [-0.4, -0.2) is 24.5 Å². The van der Waals surface area contributed by atoms with E-state index in [0.717, 1.165) is 0 Å². The van der Waals surface area contributed by atoms with E-state index in [4.69, 9.17) is 9.47 Å². The highest BCUT2D eigenvalue weighted by atomic mass is 19.1. The number of carbonyl (C=O) groups excluding carboxylic acids is 2. The van der Waals surface area contributed by atoms with E-state index < -0.39 is 17.9 Å². The molecule has 1 atom stereocenters. The summed E-state index contributed by atoms with van der Waals surface area (Å²) in [6.07, 6.45) is -0.897. The van der Waals surface area contributed by atoms with Crippen molar-refractivity contribution in [1.29, 1.82) is 0 Å². The maximum atomic E-state index is 12.7. The number of ether oxygens (including phenoxy) is 2. The summed E-state index contributed by atoms with van der Waals surface area (Å²) >= 11 is 0. The highest BCUT2D eigenvalue weighted by Gasteiger charge is 2.19. The van der Waals surface area contributed by atoms with E-state index in [0.29, 0.717) is 11.3 Å². The average Bonchev–Trinajstić information content (AvgIpc) is 2.54. The molecule has 22 heavy (non-hydrogen) atoms. The van der Waals surface area contributed by atoms with Gasteiger partial charge in [0.05, 0.1) is 0 Å². The molecule has 5 heteroatoms. The van der Waals surface area contributed by atoms with Gasteiger partial charge in [0.1, 0.15) is 11.6 Å². The average molecular weight is 302 g/mol. The first-order valence-electron chi connectivity index (χ1n) is 6.73. The second-order valence-corrected chi connectivity index (χ2v) is 4.60. The van der Waals surface area contributed by atoms with Crippen molar-refractivity contribution in [3.8, 4) is 5.75 Å². The number of hydrogen-bond acceptors (Lipinski definition) is 4. The first-order chi connectivity index (χ1) is 10.6. The zero-order valence-electron chi connectivity index (χ0n) is 12.0. The van der Waals surface area contributed by atoms with Crippen LogP contribution in [0.15, 0.2) is 54.6 Å². The Morgan fingerprint density at radius 1 is 1.05 bits per heavy atom. The molecule has 0 spiro atoms. The second-order valence-electron chi connectivity index (χ2n) is 4.60. The van der Waals surface area contributed by atoms with Crippen molar-refractivity contribution in [2.75, 3.05) is 6.61 Å². The molecule has 0 saturated carbocycles. The zero-order valence-corrected chi connectivity index (χ0v) is 12.0. The predicted octanol–water partition coefficient (Wildman–Crippen LogP) is 3.02. The van der Waals surface area contributed by atoms with Gasteiger partial charge in [0.2, 0.25) is 5.78 Å². The van der Waals surface area contributed by atoms with Crippen LogP contribution >= 0.6 is 0 Å². The Morgan fingerprint density at radius 2 is 1.68 bits per heavy atom. The van der Waals surface area contributed by atoms with Gasteiger partial charge in [-0.05, 0) is 31.2 Å². The first kappa shape index (κ1) is 15.7. The molecule has 0 aromatic heterocycles. The van der Waals surface area contributed by atoms with Crippen LogP contribution in [-0.2, 0) is 9.53 Å². The van der Waals surface area contributed by atoms with E-state index in [2.05, 4.69) is 0 Å². The number of halogens is 1. The minimum absolute atomic E-state index is 0.282. The summed E-state index contributed by atoms with van der Waals surface area (Å²) in [5.41, 5.74) is 0.474. The van der Waals surface area contributed by atoms with Crippen LogP contribution in [0, 0.1) is 5.82 Å². The zero-order chi connectivity index (χ0) is 15.9. The van der Waals surface area contributed by atoms with Gasteiger partial charge in [-0.2, -0.15) is 0 Å². The number of esters is 1. The van der Waals surface area contributed by atoms with Crippen molar-refractivity contribution in [2.45, 2.75) is 13.0 Å². The number of ketones is 1. The standard InChI is InChI=1S/C17H15FO4/c1-12(17(20)13-5-3-2-4-6-13)22-16(19)11-21-15-9-7-14(18)8-10-15/h2-10,12H,11H2,1H3. The third-order valence-electron chi connectivity index (χ3n) is 2.91. The van der Waals surface area contributed by atoms with Crippen LogP contribution in [0.4, 0.5) is 4.39 Å². The number of carbonyl (C=O) groups is 2. The Bertz CT molecular complexity index is 637.